The minimum absolute atomic E-state index is 0.0119. The minimum Gasteiger partial charge on any atom is -0.281 e. The van der Waals surface area contributed by atoms with E-state index in [1.165, 1.54) is 4.90 Å². The molecule has 0 radical (unpaired) electrons. The van der Waals surface area contributed by atoms with Crippen LogP contribution in [-0.2, 0) is 9.59 Å². The molecule has 2 aliphatic rings. The van der Waals surface area contributed by atoms with Crippen molar-refractivity contribution in [2.24, 2.45) is 11.8 Å². The summed E-state index contributed by atoms with van der Waals surface area (Å²) in [6.07, 6.45) is 2.38. The van der Waals surface area contributed by atoms with E-state index in [0.717, 1.165) is 24.6 Å². The van der Waals surface area contributed by atoms with Crippen LogP contribution in [0, 0.1) is 11.8 Å². The summed E-state index contributed by atoms with van der Waals surface area (Å²) in [5, 5.41) is 0.860. The largest absolute Gasteiger partial charge is 0.281 e. The summed E-state index contributed by atoms with van der Waals surface area (Å²) in [6.45, 7) is 0.482. The smallest absolute Gasteiger partial charge is 0.233 e. The molecule has 3 nitrogen and oxygen atoms in total. The van der Waals surface area contributed by atoms with Gasteiger partial charge in [0.15, 0.2) is 0 Å². The molecule has 19 heavy (non-hydrogen) atoms. The maximum Gasteiger partial charge on any atom is 0.233 e. The van der Waals surface area contributed by atoms with Crippen molar-refractivity contribution in [1.29, 1.82) is 0 Å². The van der Waals surface area contributed by atoms with Gasteiger partial charge in [0.25, 0.3) is 0 Å². The second-order valence-electron chi connectivity index (χ2n) is 5.08. The van der Waals surface area contributed by atoms with Crippen molar-refractivity contribution < 1.29 is 9.59 Å². The lowest BCUT2D eigenvalue weighted by Gasteiger charge is -2.29. The fourth-order valence-corrected chi connectivity index (χ4v) is 5.67. The van der Waals surface area contributed by atoms with Crippen LogP contribution in [-0.4, -0.2) is 43.1 Å². The molecule has 2 rings (SSSR count). The van der Waals surface area contributed by atoms with Gasteiger partial charge in [0.2, 0.25) is 11.8 Å². The number of nitrogens with zero attached hydrogens (tertiary/aromatic N) is 1. The molecule has 1 saturated heterocycles. The molecule has 1 heterocycles. The van der Waals surface area contributed by atoms with Gasteiger partial charge in [-0.15, -0.1) is 0 Å². The molecule has 0 bridgehead atoms. The zero-order valence-electron chi connectivity index (χ0n) is 10.2. The first-order chi connectivity index (χ1) is 8.95. The summed E-state index contributed by atoms with van der Waals surface area (Å²) in [5.41, 5.74) is 0. The van der Waals surface area contributed by atoms with E-state index in [0.29, 0.717) is 6.54 Å². The third-order valence-corrected chi connectivity index (χ3v) is 7.74. The second-order valence-corrected chi connectivity index (χ2v) is 9.52. The van der Waals surface area contributed by atoms with Crippen molar-refractivity contribution in [3.63, 3.8) is 0 Å². The van der Waals surface area contributed by atoms with Gasteiger partial charge >= 0.3 is 0 Å². The Labute approximate surface area is 146 Å². The van der Waals surface area contributed by atoms with Gasteiger partial charge in [-0.3, -0.25) is 14.5 Å². The number of fused-ring (bicyclic) bond motifs is 1. The number of hydrogen-bond donors (Lipinski definition) is 0. The van der Waals surface area contributed by atoms with E-state index in [4.69, 9.17) is 0 Å². The quantitative estimate of drug-likeness (QED) is 0.417. The fourth-order valence-electron chi connectivity index (χ4n) is 2.75. The van der Waals surface area contributed by atoms with Crippen molar-refractivity contribution in [2.45, 2.75) is 33.7 Å². The lowest BCUT2D eigenvalue weighted by molar-refractivity contribution is -0.139. The zero-order valence-corrected chi connectivity index (χ0v) is 16.5. The van der Waals surface area contributed by atoms with E-state index in [-0.39, 0.29) is 38.1 Å². The van der Waals surface area contributed by atoms with E-state index in [1.807, 2.05) is 0 Å². The number of likely N-dealkylation sites (tertiary alicyclic amines) is 1. The number of hydrogen-bond acceptors (Lipinski definition) is 2. The molecule has 7 heteroatoms. The van der Waals surface area contributed by atoms with Crippen LogP contribution in [0.1, 0.15) is 19.3 Å². The zero-order chi connectivity index (χ0) is 14.2. The first-order valence-corrected chi connectivity index (χ1v) is 10.2. The molecule has 1 saturated carbocycles. The number of imide groups is 1. The van der Waals surface area contributed by atoms with Gasteiger partial charge in [-0.25, -0.2) is 0 Å². The van der Waals surface area contributed by atoms with E-state index in [1.54, 1.807) is 0 Å². The molecule has 5 unspecified atom stereocenters. The Morgan fingerprint density at radius 3 is 2.00 bits per heavy atom. The van der Waals surface area contributed by atoms with Gasteiger partial charge in [0.05, 0.1) is 11.8 Å². The molecule has 2 amide bonds. The highest BCUT2D eigenvalue weighted by Gasteiger charge is 2.51. The summed E-state index contributed by atoms with van der Waals surface area (Å²) < 4.78 is 0. The van der Waals surface area contributed by atoms with Gasteiger partial charge < -0.3 is 0 Å². The molecular weight excluding hydrogens is 510 g/mol. The molecular formula is C12H15Br4NO2. The fraction of sp³-hybridized carbons (Fsp3) is 0.833. The molecule has 0 N–H and O–H groups in total. The van der Waals surface area contributed by atoms with Gasteiger partial charge in [0, 0.05) is 26.4 Å². The van der Waals surface area contributed by atoms with Gasteiger partial charge in [-0.05, 0) is 19.3 Å². The summed E-state index contributed by atoms with van der Waals surface area (Å²) in [7, 11) is 0. The standard InChI is InChI=1S/C12H15Br4NO2/c13-2-1-6(14)5-17-11(18)7-3-9(15)10(16)4-8(7)12(17)19/h6-10H,1-5H2. The third-order valence-electron chi connectivity index (χ3n) is 3.81. The average molecular weight is 525 g/mol. The number of rotatable bonds is 4. The van der Waals surface area contributed by atoms with Gasteiger partial charge in [0.1, 0.15) is 0 Å². The Morgan fingerprint density at radius 1 is 1.11 bits per heavy atom. The molecule has 5 atom stereocenters. The van der Waals surface area contributed by atoms with Crippen molar-refractivity contribution >= 4 is 75.5 Å². The van der Waals surface area contributed by atoms with Gasteiger partial charge in [-0.1, -0.05) is 63.7 Å². The van der Waals surface area contributed by atoms with Crippen molar-refractivity contribution in [1.82, 2.24) is 4.90 Å². The van der Waals surface area contributed by atoms with Crippen LogP contribution in [0.5, 0.6) is 0 Å². The summed E-state index contributed by atoms with van der Waals surface area (Å²) in [4.78, 5) is 26.9. The predicted molar refractivity (Wildman–Crippen MR) is 89.5 cm³/mol. The SMILES string of the molecule is O=C1C2CC(Br)C(Br)CC2C(=O)N1CC(Br)CCBr. The molecule has 1 aliphatic heterocycles. The van der Waals surface area contributed by atoms with E-state index >= 15 is 0 Å². The molecule has 0 spiro atoms. The van der Waals surface area contributed by atoms with Crippen LogP contribution in [0.15, 0.2) is 0 Å². The van der Waals surface area contributed by atoms with Crippen LogP contribution in [0.25, 0.3) is 0 Å². The van der Waals surface area contributed by atoms with E-state index in [9.17, 15) is 9.59 Å². The maximum absolute atomic E-state index is 12.4. The highest BCUT2D eigenvalue weighted by molar-refractivity contribution is 9.12. The first-order valence-electron chi connectivity index (χ1n) is 6.29. The number of amides is 2. The number of carbonyl (C=O) groups is 2. The van der Waals surface area contributed by atoms with Crippen LogP contribution in [0.2, 0.25) is 0 Å². The normalized spacial score (nSPS) is 36.5. The van der Waals surface area contributed by atoms with Crippen molar-refractivity contribution in [3.05, 3.63) is 0 Å². The first kappa shape index (κ1) is 16.4. The summed E-state index contributed by atoms with van der Waals surface area (Å²) in [6, 6.07) is 0. The van der Waals surface area contributed by atoms with E-state index < -0.39 is 0 Å². The highest BCUT2D eigenvalue weighted by atomic mass is 79.9. The summed E-state index contributed by atoms with van der Waals surface area (Å²) in [5.74, 6) is -0.237. The Kier molecular flexibility index (Phi) is 5.95. The molecule has 2 fully saturated rings. The minimum atomic E-state index is -0.130. The van der Waals surface area contributed by atoms with Crippen LogP contribution >= 0.6 is 63.7 Å². The number of halogens is 4. The topological polar surface area (TPSA) is 37.4 Å². The predicted octanol–water partition coefficient (Wildman–Crippen LogP) is 3.46. The Bertz CT molecular complexity index is 351. The molecule has 0 aromatic rings. The van der Waals surface area contributed by atoms with Gasteiger partial charge in [-0.2, -0.15) is 0 Å². The highest BCUT2D eigenvalue weighted by Crippen LogP contribution is 2.43. The molecule has 1 aliphatic carbocycles. The van der Waals surface area contributed by atoms with Crippen LogP contribution < -0.4 is 0 Å². The summed E-state index contributed by atoms with van der Waals surface area (Å²) >= 11 is 14.1. The Morgan fingerprint density at radius 2 is 1.58 bits per heavy atom. The molecule has 0 aromatic heterocycles. The number of carbonyl (C=O) groups excluding carboxylic acids is 2. The maximum atomic E-state index is 12.4. The van der Waals surface area contributed by atoms with Crippen molar-refractivity contribution in [2.75, 3.05) is 11.9 Å². The Balaban J connectivity index is 2.08. The van der Waals surface area contributed by atoms with Crippen LogP contribution in [0.3, 0.4) is 0 Å². The molecule has 0 aromatic carbocycles. The lowest BCUT2D eigenvalue weighted by atomic mass is 9.81. The second kappa shape index (κ2) is 6.88. The number of alkyl halides is 4. The Hall–Kier alpha value is 1.06. The van der Waals surface area contributed by atoms with E-state index in [2.05, 4.69) is 63.7 Å². The third kappa shape index (κ3) is 3.46. The molecule has 108 valence electrons. The average Bonchev–Trinajstić information content (AvgIpc) is 2.56. The monoisotopic (exact) mass is 521 g/mol. The lowest BCUT2D eigenvalue weighted by Crippen LogP contribution is -2.36. The van der Waals surface area contributed by atoms with Crippen molar-refractivity contribution in [3.8, 4) is 0 Å². The van der Waals surface area contributed by atoms with Crippen LogP contribution in [0.4, 0.5) is 0 Å².